The van der Waals surface area contributed by atoms with Crippen molar-refractivity contribution < 1.29 is 19.4 Å². The molecule has 3 unspecified atom stereocenters. The third-order valence-electron chi connectivity index (χ3n) is 7.64. The lowest BCUT2D eigenvalue weighted by Crippen LogP contribution is -2.44. The maximum atomic E-state index is 13.5. The number of hydrogen-bond acceptors (Lipinski definition) is 5. The molecular formula is C31H34ClN3O4. The van der Waals surface area contributed by atoms with Gasteiger partial charge in [-0.3, -0.25) is 19.6 Å². The minimum atomic E-state index is -0.803. The van der Waals surface area contributed by atoms with Crippen molar-refractivity contribution in [2.24, 2.45) is 9.98 Å². The van der Waals surface area contributed by atoms with Gasteiger partial charge in [-0.2, -0.15) is 0 Å². The van der Waals surface area contributed by atoms with Gasteiger partial charge >= 0.3 is 5.97 Å². The molecule has 0 saturated heterocycles. The highest BCUT2D eigenvalue weighted by Crippen LogP contribution is 2.34. The molecule has 2 aliphatic heterocycles. The van der Waals surface area contributed by atoms with Crippen LogP contribution in [0.3, 0.4) is 0 Å². The number of carbonyl (C=O) groups excluding carboxylic acids is 1. The fraction of sp³-hybridized carbons (Fsp3) is 0.419. The second kappa shape index (κ2) is 11.7. The predicted octanol–water partition coefficient (Wildman–Crippen LogP) is 5.75. The Kier molecular flexibility index (Phi) is 8.17. The summed E-state index contributed by atoms with van der Waals surface area (Å²) in [5.74, 6) is -0.0230. The predicted molar refractivity (Wildman–Crippen MR) is 153 cm³/mol. The van der Waals surface area contributed by atoms with Gasteiger partial charge in [-0.15, -0.1) is 0 Å². The lowest BCUT2D eigenvalue weighted by Gasteiger charge is -2.36. The van der Waals surface area contributed by atoms with Gasteiger partial charge in [-0.05, 0) is 81.7 Å². The normalized spacial score (nSPS) is 25.8. The Balaban J connectivity index is 1.39. The molecule has 204 valence electrons. The van der Waals surface area contributed by atoms with E-state index in [4.69, 9.17) is 31.4 Å². The van der Waals surface area contributed by atoms with E-state index in [0.29, 0.717) is 36.5 Å². The van der Waals surface area contributed by atoms with Gasteiger partial charge in [-0.1, -0.05) is 42.0 Å². The van der Waals surface area contributed by atoms with Gasteiger partial charge in [0.15, 0.2) is 0 Å². The van der Waals surface area contributed by atoms with Crippen LogP contribution in [0.25, 0.3) is 0 Å². The number of nitrogens with zero attached hydrogens (tertiary/aromatic N) is 2. The quantitative estimate of drug-likeness (QED) is 0.404. The number of carboxylic acid groups (broad SMARTS) is 1. The minimum Gasteiger partial charge on any atom is -0.494 e. The number of carboxylic acids is 1. The number of hydrogen-bond donors (Lipinski definition) is 2. The van der Waals surface area contributed by atoms with Gasteiger partial charge in [0.05, 0.1) is 30.1 Å². The molecule has 1 aromatic carbocycles. The molecule has 5 rings (SSSR count). The molecule has 0 fully saturated rings. The average molecular weight is 548 g/mol. The highest BCUT2D eigenvalue weighted by atomic mass is 35.5. The fourth-order valence-corrected chi connectivity index (χ4v) is 5.72. The van der Waals surface area contributed by atoms with Crippen molar-refractivity contribution >= 4 is 34.9 Å². The summed E-state index contributed by atoms with van der Waals surface area (Å²) in [5, 5.41) is 13.0. The molecule has 0 bridgehead atoms. The number of allylic oxidation sites excluding steroid dienone is 2. The molecule has 2 aliphatic carbocycles. The fourth-order valence-electron chi connectivity index (χ4n) is 5.59. The van der Waals surface area contributed by atoms with Crippen LogP contribution >= 0.6 is 11.6 Å². The molecule has 3 atom stereocenters. The van der Waals surface area contributed by atoms with Crippen molar-refractivity contribution in [3.05, 3.63) is 82.1 Å². The summed E-state index contributed by atoms with van der Waals surface area (Å²) in [6.07, 6.45) is 15.4. The number of unbranched alkanes of at least 4 members (excludes halogenated alkanes) is 1. The number of halogens is 1. The lowest BCUT2D eigenvalue weighted by molar-refractivity contribution is -0.137. The second-order valence-electron chi connectivity index (χ2n) is 10.6. The Bertz CT molecular complexity index is 1320. The zero-order valence-corrected chi connectivity index (χ0v) is 22.9. The Hall–Kier alpha value is -3.45. The number of aliphatic imine (C=N–C) groups is 2. The van der Waals surface area contributed by atoms with Crippen molar-refractivity contribution in [2.45, 2.75) is 75.9 Å². The molecule has 7 nitrogen and oxygen atoms in total. The van der Waals surface area contributed by atoms with E-state index in [9.17, 15) is 9.59 Å². The first-order valence-corrected chi connectivity index (χ1v) is 14.1. The number of ether oxygens (including phenoxy) is 1. The summed E-state index contributed by atoms with van der Waals surface area (Å²) in [6, 6.07) is 7.21. The first kappa shape index (κ1) is 27.1. The Morgan fingerprint density at radius 1 is 1.21 bits per heavy atom. The van der Waals surface area contributed by atoms with Crippen LogP contribution < -0.4 is 5.32 Å². The number of nitrogens with one attached hydrogen (secondary N) is 1. The van der Waals surface area contributed by atoms with Crippen molar-refractivity contribution in [3.63, 3.8) is 0 Å². The summed E-state index contributed by atoms with van der Waals surface area (Å²) in [7, 11) is 0. The van der Waals surface area contributed by atoms with Gasteiger partial charge in [0.1, 0.15) is 11.3 Å². The maximum Gasteiger partial charge on any atom is 0.303 e. The smallest absolute Gasteiger partial charge is 0.303 e. The van der Waals surface area contributed by atoms with Crippen LogP contribution in [0.2, 0.25) is 5.02 Å². The zero-order chi connectivity index (χ0) is 27.4. The van der Waals surface area contributed by atoms with E-state index in [1.54, 1.807) is 0 Å². The highest BCUT2D eigenvalue weighted by Gasteiger charge is 2.39. The molecule has 1 amide bonds. The first-order valence-electron chi connectivity index (χ1n) is 13.7. The van der Waals surface area contributed by atoms with Crippen molar-refractivity contribution in [1.82, 2.24) is 5.32 Å². The molecule has 2 N–H and O–H groups in total. The van der Waals surface area contributed by atoms with Crippen molar-refractivity contribution in [2.75, 3.05) is 6.61 Å². The minimum absolute atomic E-state index is 0.0473. The number of aliphatic carboxylic acids is 1. The first-order chi connectivity index (χ1) is 18.8. The van der Waals surface area contributed by atoms with E-state index in [1.165, 1.54) is 5.57 Å². The average Bonchev–Trinajstić information content (AvgIpc) is 3.12. The van der Waals surface area contributed by atoms with Crippen LogP contribution in [0, 0.1) is 0 Å². The largest absolute Gasteiger partial charge is 0.494 e. The van der Waals surface area contributed by atoms with Crippen LogP contribution in [0.4, 0.5) is 0 Å². The van der Waals surface area contributed by atoms with E-state index in [2.05, 4.69) is 11.4 Å². The number of carbonyl (C=O) groups is 2. The number of rotatable bonds is 8. The van der Waals surface area contributed by atoms with E-state index < -0.39 is 11.5 Å². The van der Waals surface area contributed by atoms with E-state index >= 15 is 0 Å². The van der Waals surface area contributed by atoms with E-state index in [0.717, 1.165) is 48.4 Å². The van der Waals surface area contributed by atoms with Gasteiger partial charge < -0.3 is 15.2 Å². The zero-order valence-electron chi connectivity index (χ0n) is 22.2. The topological polar surface area (TPSA) is 100 Å². The molecule has 4 aliphatic rings. The van der Waals surface area contributed by atoms with Crippen LogP contribution in [0.15, 0.2) is 81.5 Å². The van der Waals surface area contributed by atoms with Gasteiger partial charge in [0.25, 0.3) is 5.91 Å². The third kappa shape index (κ3) is 6.25. The van der Waals surface area contributed by atoms with Crippen molar-refractivity contribution in [1.29, 1.82) is 0 Å². The summed E-state index contributed by atoms with van der Waals surface area (Å²) in [4.78, 5) is 34.7. The number of amides is 1. The Morgan fingerprint density at radius 3 is 2.82 bits per heavy atom. The maximum absolute atomic E-state index is 13.5. The molecular weight excluding hydrogens is 514 g/mol. The highest BCUT2D eigenvalue weighted by molar-refractivity contribution is 6.49. The SMILES string of the molecule is CC12C=C(C(=O)NC3CCCOC4=C3CCC=C4)C=CC1N=C(c1ccc(Cl)cc1)C(CCCCC(=O)O)=N2. The molecule has 39 heavy (non-hydrogen) atoms. The third-order valence-corrected chi connectivity index (χ3v) is 7.89. The van der Waals surface area contributed by atoms with Crippen LogP contribution in [0.1, 0.15) is 63.9 Å². The summed E-state index contributed by atoms with van der Waals surface area (Å²) < 4.78 is 5.91. The number of benzene rings is 1. The standard InChI is InChI=1S/C31H34ClN3O4/c1-31-19-21(30(38)33-24-9-6-18-39-26-10-4-2-7-23(24)26)14-17-27(31)34-29(20-12-15-22(32)16-13-20)25(35-31)8-3-5-11-28(36)37/h4,10,12-17,19,24,27H,2-3,5-9,11,18H2,1H3,(H,33,38)(H,36,37). The molecule has 0 spiro atoms. The Labute approximate surface area is 234 Å². The summed E-state index contributed by atoms with van der Waals surface area (Å²) in [6.45, 7) is 2.66. The monoisotopic (exact) mass is 547 g/mol. The summed E-state index contributed by atoms with van der Waals surface area (Å²) >= 11 is 6.12. The van der Waals surface area contributed by atoms with Crippen molar-refractivity contribution in [3.8, 4) is 0 Å². The van der Waals surface area contributed by atoms with Gasteiger partial charge in [0.2, 0.25) is 0 Å². The summed E-state index contributed by atoms with van der Waals surface area (Å²) in [5.41, 5.74) is 3.55. The van der Waals surface area contributed by atoms with E-state index in [-0.39, 0.29) is 24.4 Å². The van der Waals surface area contributed by atoms with Crippen LogP contribution in [-0.4, -0.2) is 52.6 Å². The van der Waals surface area contributed by atoms with Gasteiger partial charge in [-0.25, -0.2) is 0 Å². The lowest BCUT2D eigenvalue weighted by atomic mass is 9.83. The van der Waals surface area contributed by atoms with E-state index in [1.807, 2.05) is 55.5 Å². The number of fused-ring (bicyclic) bond motifs is 1. The molecule has 8 heteroatoms. The molecule has 0 aromatic heterocycles. The molecule has 2 heterocycles. The van der Waals surface area contributed by atoms with Gasteiger partial charge in [0, 0.05) is 22.6 Å². The molecule has 0 saturated carbocycles. The molecule has 1 aromatic rings. The molecule has 0 radical (unpaired) electrons. The Morgan fingerprint density at radius 2 is 2.03 bits per heavy atom. The second-order valence-corrected chi connectivity index (χ2v) is 11.1. The van der Waals surface area contributed by atoms with Crippen LogP contribution in [0.5, 0.6) is 0 Å². The van der Waals surface area contributed by atoms with Crippen LogP contribution in [-0.2, 0) is 14.3 Å².